The molecule has 0 bridgehead atoms. The number of nitrogens with zero attached hydrogens (tertiary/aromatic N) is 1. The van der Waals surface area contributed by atoms with Gasteiger partial charge in [0.05, 0.1) is 17.7 Å². The normalized spacial score (nSPS) is 30.9. The van der Waals surface area contributed by atoms with Gasteiger partial charge in [-0.25, -0.2) is 0 Å². The lowest BCUT2D eigenvalue weighted by molar-refractivity contribution is 0.0711. The molecule has 0 radical (unpaired) electrons. The highest BCUT2D eigenvalue weighted by Crippen LogP contribution is 2.38. The molecule has 2 unspecified atom stereocenters. The van der Waals surface area contributed by atoms with Gasteiger partial charge >= 0.3 is 0 Å². The van der Waals surface area contributed by atoms with Crippen molar-refractivity contribution >= 4 is 16.8 Å². The fourth-order valence-corrected chi connectivity index (χ4v) is 4.79. The van der Waals surface area contributed by atoms with Crippen LogP contribution in [0.4, 0.5) is 0 Å². The molecule has 23 heavy (non-hydrogen) atoms. The minimum atomic E-state index is 0.321. The average Bonchev–Trinajstić information content (AvgIpc) is 2.97. The van der Waals surface area contributed by atoms with Crippen molar-refractivity contribution in [3.63, 3.8) is 0 Å². The molecule has 0 N–H and O–H groups in total. The minimum Gasteiger partial charge on any atom is -0.376 e. The Labute approximate surface area is 144 Å². The van der Waals surface area contributed by atoms with Gasteiger partial charge in [0.15, 0.2) is 0 Å². The first kappa shape index (κ1) is 16.8. The third-order valence-electron chi connectivity index (χ3n) is 4.97. The first-order valence-corrected chi connectivity index (χ1v) is 9.63. The minimum absolute atomic E-state index is 0.321. The van der Waals surface area contributed by atoms with Crippen LogP contribution in [0.5, 0.6) is 0 Å². The summed E-state index contributed by atoms with van der Waals surface area (Å²) in [6, 6.07) is 10.8. The van der Waals surface area contributed by atoms with Crippen molar-refractivity contribution in [2.24, 2.45) is 16.8 Å². The molecule has 1 aromatic rings. The molecule has 1 saturated carbocycles. The van der Waals surface area contributed by atoms with E-state index in [1.54, 1.807) is 0 Å². The molecule has 2 aliphatic rings. The molecule has 1 aliphatic heterocycles. The molecule has 0 amide bonds. The van der Waals surface area contributed by atoms with Gasteiger partial charge < -0.3 is 4.74 Å². The van der Waals surface area contributed by atoms with Crippen LogP contribution in [0.3, 0.4) is 0 Å². The molecule has 1 aromatic carbocycles. The Bertz CT molecular complexity index is 534. The quantitative estimate of drug-likeness (QED) is 0.677. The van der Waals surface area contributed by atoms with Gasteiger partial charge in [-0.05, 0) is 37.2 Å². The Hall–Kier alpha value is -1.06. The molecule has 3 heteroatoms. The van der Waals surface area contributed by atoms with E-state index in [-0.39, 0.29) is 0 Å². The number of aliphatic imine (C=N–C) groups is 1. The summed E-state index contributed by atoms with van der Waals surface area (Å²) in [5.74, 6) is 1.40. The predicted octanol–water partition coefficient (Wildman–Crippen LogP) is 5.10. The van der Waals surface area contributed by atoms with E-state index in [1.807, 2.05) is 23.9 Å². The molecule has 1 fully saturated rings. The van der Waals surface area contributed by atoms with Crippen LogP contribution in [0.25, 0.3) is 0 Å². The zero-order chi connectivity index (χ0) is 16.1. The van der Waals surface area contributed by atoms with Crippen molar-refractivity contribution in [1.82, 2.24) is 0 Å². The summed E-state index contributed by atoms with van der Waals surface area (Å²) in [4.78, 5) is 4.87. The van der Waals surface area contributed by atoms with E-state index in [4.69, 9.17) is 9.73 Å². The highest BCUT2D eigenvalue weighted by Gasteiger charge is 2.31. The number of ether oxygens (including phenoxy) is 1. The van der Waals surface area contributed by atoms with Crippen LogP contribution >= 0.6 is 11.8 Å². The monoisotopic (exact) mass is 329 g/mol. The Kier molecular flexibility index (Phi) is 5.96. The highest BCUT2D eigenvalue weighted by atomic mass is 32.2. The van der Waals surface area contributed by atoms with Gasteiger partial charge in [0, 0.05) is 17.8 Å². The van der Waals surface area contributed by atoms with Gasteiger partial charge in [-0.15, -0.1) is 18.3 Å². The lowest BCUT2D eigenvalue weighted by atomic mass is 9.83. The largest absolute Gasteiger partial charge is 0.376 e. The fourth-order valence-electron chi connectivity index (χ4n) is 3.48. The molecule has 3 rings (SSSR count). The Morgan fingerprint density at radius 1 is 1.22 bits per heavy atom. The zero-order valence-electron chi connectivity index (χ0n) is 14.0. The van der Waals surface area contributed by atoms with Crippen LogP contribution in [-0.4, -0.2) is 22.9 Å². The second-order valence-corrected chi connectivity index (χ2v) is 8.13. The second-order valence-electron chi connectivity index (χ2n) is 6.73. The lowest BCUT2D eigenvalue weighted by Gasteiger charge is -2.28. The topological polar surface area (TPSA) is 21.6 Å². The molecule has 0 saturated heterocycles. The zero-order valence-corrected chi connectivity index (χ0v) is 14.8. The van der Waals surface area contributed by atoms with Crippen molar-refractivity contribution in [2.75, 3.05) is 6.61 Å². The van der Waals surface area contributed by atoms with Crippen LogP contribution in [0.2, 0.25) is 0 Å². The fraction of sp³-hybridized carbons (Fsp3) is 0.550. The van der Waals surface area contributed by atoms with Gasteiger partial charge in [0.2, 0.25) is 0 Å². The molecule has 1 heterocycles. The molecular weight excluding hydrogens is 302 g/mol. The molecular formula is C20H27NOS. The maximum atomic E-state index is 5.92. The molecule has 2 nitrogen and oxygen atoms in total. The summed E-state index contributed by atoms with van der Waals surface area (Å²) in [6.07, 6.45) is 7.07. The maximum absolute atomic E-state index is 5.92. The van der Waals surface area contributed by atoms with Crippen molar-refractivity contribution in [3.05, 3.63) is 48.6 Å². The van der Waals surface area contributed by atoms with E-state index < -0.39 is 0 Å². The van der Waals surface area contributed by atoms with Gasteiger partial charge in [0.1, 0.15) is 0 Å². The third kappa shape index (κ3) is 4.48. The molecule has 2 atom stereocenters. The van der Waals surface area contributed by atoms with Crippen LogP contribution in [0.15, 0.2) is 48.0 Å². The summed E-state index contributed by atoms with van der Waals surface area (Å²) in [6.45, 7) is 7.80. The highest BCUT2D eigenvalue weighted by molar-refractivity contribution is 8.14. The molecule has 1 aliphatic carbocycles. The van der Waals surface area contributed by atoms with E-state index in [9.17, 15) is 0 Å². The standard InChI is InChI=1S/C20H27NOS/c1-3-19-15(2)23-20(21-19)18-11-9-17(10-12-18)14-22-13-16-7-5-4-6-8-16/h3-8,15,17-19H,1,9-14H2,2H3/t15?,17-,18-,19?. The Morgan fingerprint density at radius 3 is 2.61 bits per heavy atom. The van der Waals surface area contributed by atoms with Crippen molar-refractivity contribution < 1.29 is 4.74 Å². The predicted molar refractivity (Wildman–Crippen MR) is 100 cm³/mol. The van der Waals surface area contributed by atoms with Crippen molar-refractivity contribution in [1.29, 1.82) is 0 Å². The average molecular weight is 330 g/mol. The number of hydrogen-bond donors (Lipinski definition) is 0. The van der Waals surface area contributed by atoms with E-state index in [0.717, 1.165) is 19.1 Å². The summed E-state index contributed by atoms with van der Waals surface area (Å²) < 4.78 is 5.92. The van der Waals surface area contributed by atoms with Crippen LogP contribution in [0, 0.1) is 11.8 Å². The first-order chi connectivity index (χ1) is 11.3. The molecule has 0 spiro atoms. The summed E-state index contributed by atoms with van der Waals surface area (Å²) in [5, 5.41) is 1.94. The smallest absolute Gasteiger partial charge is 0.0806 e. The van der Waals surface area contributed by atoms with Crippen LogP contribution < -0.4 is 0 Å². The second kappa shape index (κ2) is 8.16. The van der Waals surface area contributed by atoms with Crippen molar-refractivity contribution in [2.45, 2.75) is 50.5 Å². The maximum Gasteiger partial charge on any atom is 0.0806 e. The van der Waals surface area contributed by atoms with Gasteiger partial charge in [-0.1, -0.05) is 43.3 Å². The van der Waals surface area contributed by atoms with Gasteiger partial charge in [0.25, 0.3) is 0 Å². The number of thioether (sulfide) groups is 1. The number of benzene rings is 1. The number of hydrogen-bond acceptors (Lipinski definition) is 3. The Morgan fingerprint density at radius 2 is 1.96 bits per heavy atom. The van der Waals surface area contributed by atoms with E-state index >= 15 is 0 Å². The third-order valence-corrected chi connectivity index (χ3v) is 6.30. The first-order valence-electron chi connectivity index (χ1n) is 8.75. The van der Waals surface area contributed by atoms with Crippen LogP contribution in [0.1, 0.15) is 38.2 Å². The summed E-state index contributed by atoms with van der Waals surface area (Å²) in [5.41, 5.74) is 1.27. The van der Waals surface area contributed by atoms with Gasteiger partial charge in [-0.3, -0.25) is 4.99 Å². The van der Waals surface area contributed by atoms with E-state index in [0.29, 0.717) is 17.2 Å². The summed E-state index contributed by atoms with van der Waals surface area (Å²) >= 11 is 1.97. The number of rotatable bonds is 6. The molecule has 124 valence electrons. The molecule has 0 aromatic heterocycles. The summed E-state index contributed by atoms with van der Waals surface area (Å²) in [7, 11) is 0. The van der Waals surface area contributed by atoms with E-state index in [2.05, 4.69) is 37.8 Å². The van der Waals surface area contributed by atoms with Crippen molar-refractivity contribution in [3.8, 4) is 0 Å². The Balaban J connectivity index is 1.40. The SMILES string of the molecule is C=CC1N=C([C@H]2CC[C@H](COCc3ccccc3)CC2)SC1C. The van der Waals surface area contributed by atoms with E-state index in [1.165, 1.54) is 36.3 Å². The van der Waals surface area contributed by atoms with Gasteiger partial charge in [-0.2, -0.15) is 0 Å². The lowest BCUT2D eigenvalue weighted by Crippen LogP contribution is -2.22. The van der Waals surface area contributed by atoms with Crippen LogP contribution in [-0.2, 0) is 11.3 Å².